The van der Waals surface area contributed by atoms with Gasteiger partial charge in [0.1, 0.15) is 18.3 Å². The lowest BCUT2D eigenvalue weighted by atomic mass is 10.0. The van der Waals surface area contributed by atoms with Crippen molar-refractivity contribution in [1.29, 1.82) is 0 Å². The molecule has 46 heavy (non-hydrogen) atoms. The molecule has 0 fully saturated rings. The van der Waals surface area contributed by atoms with Gasteiger partial charge in [0.05, 0.1) is 51.9 Å². The summed E-state index contributed by atoms with van der Waals surface area (Å²) < 4.78 is 43.9. The van der Waals surface area contributed by atoms with Crippen LogP contribution in [0.2, 0.25) is 0 Å². The summed E-state index contributed by atoms with van der Waals surface area (Å²) in [5, 5.41) is 23.2. The van der Waals surface area contributed by atoms with Crippen molar-refractivity contribution in [2.75, 3.05) is 19.4 Å². The molecule has 4 rings (SSSR count). The third-order valence-corrected chi connectivity index (χ3v) is 9.01. The maximum Gasteiger partial charge on any atom is 0.334 e. The first-order valence-electron chi connectivity index (χ1n) is 15.3. The lowest BCUT2D eigenvalue weighted by Crippen LogP contribution is -2.50. The highest BCUT2D eigenvalue weighted by molar-refractivity contribution is 7.53. The molecule has 244 valence electrons. The summed E-state index contributed by atoms with van der Waals surface area (Å²) in [5.41, 5.74) is 3.46. The van der Waals surface area contributed by atoms with E-state index in [1.54, 1.807) is 0 Å². The zero-order chi connectivity index (χ0) is 32.5. The number of rotatable bonds is 21. The monoisotopic (exact) mass is 646 g/mol. The topological polar surface area (TPSA) is 104 Å². The van der Waals surface area contributed by atoms with Gasteiger partial charge in [0.2, 0.25) is 0 Å². The van der Waals surface area contributed by atoms with Gasteiger partial charge < -0.3 is 33.5 Å². The van der Waals surface area contributed by atoms with E-state index in [0.717, 1.165) is 22.3 Å². The average Bonchev–Trinajstić information content (AvgIpc) is 3.09. The molecule has 1 unspecified atom stereocenters. The van der Waals surface area contributed by atoms with E-state index in [1.807, 2.05) is 121 Å². The van der Waals surface area contributed by atoms with E-state index < -0.39 is 38.2 Å². The van der Waals surface area contributed by atoms with Crippen LogP contribution in [0.1, 0.15) is 22.3 Å². The molecule has 0 aromatic heterocycles. The van der Waals surface area contributed by atoms with Gasteiger partial charge in [0, 0.05) is 0 Å². The fourth-order valence-electron chi connectivity index (χ4n) is 4.74. The third-order valence-electron chi connectivity index (χ3n) is 7.12. The molecule has 2 N–H and O–H groups in total. The summed E-state index contributed by atoms with van der Waals surface area (Å²) in [6.45, 7) is 4.05. The van der Waals surface area contributed by atoms with Crippen LogP contribution in [0.15, 0.2) is 134 Å². The second-order valence-electron chi connectivity index (χ2n) is 10.8. The molecule has 0 radical (unpaired) electrons. The summed E-state index contributed by atoms with van der Waals surface area (Å²) in [6.07, 6.45) is -3.78. The van der Waals surface area contributed by atoms with Crippen molar-refractivity contribution in [3.8, 4) is 0 Å². The molecule has 0 heterocycles. The lowest BCUT2D eigenvalue weighted by molar-refractivity contribution is -0.173. The van der Waals surface area contributed by atoms with E-state index in [9.17, 15) is 14.8 Å². The normalized spacial score (nSPS) is 15.3. The summed E-state index contributed by atoms with van der Waals surface area (Å²) in [5.74, 6) is 0. The van der Waals surface area contributed by atoms with E-state index in [4.69, 9.17) is 23.3 Å². The number of hydrogen-bond donors (Lipinski definition) is 2. The Morgan fingerprint density at radius 2 is 1.00 bits per heavy atom. The highest BCUT2D eigenvalue weighted by Crippen LogP contribution is 2.50. The Kier molecular flexibility index (Phi) is 14.8. The molecule has 9 heteroatoms. The Bertz CT molecular complexity index is 1440. The number of benzene rings is 4. The van der Waals surface area contributed by atoms with Crippen LogP contribution in [-0.2, 0) is 54.3 Å². The Labute approximate surface area is 271 Å². The van der Waals surface area contributed by atoms with Crippen molar-refractivity contribution >= 4 is 7.60 Å². The van der Waals surface area contributed by atoms with Gasteiger partial charge in [-0.25, -0.2) is 0 Å². The standard InChI is InChI=1S/C37H43O8P/c1-2-23-44-46(40,45-27-33-21-13-6-14-22-33)29-35(39)37(43-26-32-19-11-5-12-20-32)36(42-25-31-17-9-4-10-18-31)34(38)28-41-24-30-15-7-3-8-16-30/h2-22,34-39H,1,23-29H2/t34-,35+,36+,37+,46?/m0/s1. The summed E-state index contributed by atoms with van der Waals surface area (Å²) in [7, 11) is -3.88. The Hall–Kier alpha value is -3.43. The second kappa shape index (κ2) is 19.3. The van der Waals surface area contributed by atoms with Gasteiger partial charge >= 0.3 is 7.60 Å². The molecule has 0 saturated carbocycles. The minimum absolute atomic E-state index is 0.0153. The fourth-order valence-corrected chi connectivity index (χ4v) is 6.37. The van der Waals surface area contributed by atoms with Gasteiger partial charge in [-0.15, -0.1) is 6.58 Å². The van der Waals surface area contributed by atoms with Crippen LogP contribution in [-0.4, -0.2) is 54.0 Å². The van der Waals surface area contributed by atoms with Crippen molar-refractivity contribution < 1.29 is 38.0 Å². The highest BCUT2D eigenvalue weighted by atomic mass is 31.2. The van der Waals surface area contributed by atoms with Gasteiger partial charge in [-0.2, -0.15) is 0 Å². The number of aliphatic hydroxyl groups is 2. The molecule has 5 atom stereocenters. The largest absolute Gasteiger partial charge is 0.390 e. The zero-order valence-electron chi connectivity index (χ0n) is 25.9. The minimum atomic E-state index is -3.88. The first kappa shape index (κ1) is 35.4. The summed E-state index contributed by atoms with van der Waals surface area (Å²) in [4.78, 5) is 0. The molecule has 0 amide bonds. The van der Waals surface area contributed by atoms with E-state index in [2.05, 4.69) is 6.58 Å². The highest BCUT2D eigenvalue weighted by Gasteiger charge is 2.40. The van der Waals surface area contributed by atoms with Gasteiger partial charge in [-0.3, -0.25) is 4.57 Å². The molecule has 4 aromatic rings. The van der Waals surface area contributed by atoms with Crippen molar-refractivity contribution in [3.05, 3.63) is 156 Å². The SMILES string of the molecule is C=CCOP(=O)(C[C@@H](O)[C@@H](OCc1ccccc1)[C@H](OCc1ccccc1)[C@@H](O)COCc1ccccc1)OCc1ccccc1. The van der Waals surface area contributed by atoms with Crippen molar-refractivity contribution in [2.45, 2.75) is 50.8 Å². The molecule has 4 aromatic carbocycles. The maximum atomic E-state index is 14.0. The van der Waals surface area contributed by atoms with Crippen LogP contribution >= 0.6 is 7.60 Å². The van der Waals surface area contributed by atoms with Crippen LogP contribution < -0.4 is 0 Å². The first-order valence-corrected chi connectivity index (χ1v) is 17.0. The van der Waals surface area contributed by atoms with Gasteiger partial charge in [0.25, 0.3) is 0 Å². The molecule has 0 spiro atoms. The molecule has 0 aliphatic rings. The maximum absolute atomic E-state index is 14.0. The van der Waals surface area contributed by atoms with Crippen LogP contribution in [0.25, 0.3) is 0 Å². The second-order valence-corrected chi connectivity index (χ2v) is 12.9. The minimum Gasteiger partial charge on any atom is -0.390 e. The van der Waals surface area contributed by atoms with Crippen LogP contribution in [0.5, 0.6) is 0 Å². The number of hydrogen-bond acceptors (Lipinski definition) is 8. The molecule has 0 bridgehead atoms. The molecular formula is C37H43O8P. The molecule has 0 aliphatic carbocycles. The molecule has 0 aliphatic heterocycles. The predicted molar refractivity (Wildman–Crippen MR) is 178 cm³/mol. The predicted octanol–water partition coefficient (Wildman–Crippen LogP) is 6.71. The average molecular weight is 647 g/mol. The van der Waals surface area contributed by atoms with Crippen LogP contribution in [0.3, 0.4) is 0 Å². The fraction of sp³-hybridized carbons (Fsp3) is 0.297. The van der Waals surface area contributed by atoms with Gasteiger partial charge in [-0.05, 0) is 22.3 Å². The molecule has 8 nitrogen and oxygen atoms in total. The lowest BCUT2D eigenvalue weighted by Gasteiger charge is -2.35. The summed E-state index contributed by atoms with van der Waals surface area (Å²) >= 11 is 0. The van der Waals surface area contributed by atoms with Crippen molar-refractivity contribution in [2.24, 2.45) is 0 Å². The van der Waals surface area contributed by atoms with Crippen molar-refractivity contribution in [1.82, 2.24) is 0 Å². The Balaban J connectivity index is 1.57. The zero-order valence-corrected chi connectivity index (χ0v) is 26.8. The van der Waals surface area contributed by atoms with E-state index in [-0.39, 0.29) is 39.6 Å². The Morgan fingerprint density at radius 1 is 0.587 bits per heavy atom. The quantitative estimate of drug-likeness (QED) is 0.0761. The third kappa shape index (κ3) is 12.1. The van der Waals surface area contributed by atoms with E-state index >= 15 is 0 Å². The van der Waals surface area contributed by atoms with Gasteiger partial charge in [0.15, 0.2) is 0 Å². The molecule has 0 saturated heterocycles. The first-order chi connectivity index (χ1) is 22.5. The van der Waals surface area contributed by atoms with Crippen LogP contribution in [0.4, 0.5) is 0 Å². The van der Waals surface area contributed by atoms with E-state index in [1.165, 1.54) is 6.08 Å². The van der Waals surface area contributed by atoms with Crippen molar-refractivity contribution in [3.63, 3.8) is 0 Å². The van der Waals surface area contributed by atoms with Crippen LogP contribution in [0, 0.1) is 0 Å². The molecular weight excluding hydrogens is 603 g/mol. The smallest absolute Gasteiger partial charge is 0.334 e. The number of ether oxygens (including phenoxy) is 3. The van der Waals surface area contributed by atoms with Gasteiger partial charge in [-0.1, -0.05) is 127 Å². The Morgan fingerprint density at radius 3 is 1.46 bits per heavy atom. The summed E-state index contributed by atoms with van der Waals surface area (Å²) in [6, 6.07) is 37.8. The number of aliphatic hydroxyl groups excluding tert-OH is 2. The van der Waals surface area contributed by atoms with E-state index in [0.29, 0.717) is 0 Å².